The Kier molecular flexibility index (Phi) is 6.90. The van der Waals surface area contributed by atoms with E-state index in [4.69, 9.17) is 0 Å². The number of rotatable bonds is 6. The molecule has 0 saturated heterocycles. The molecule has 0 fully saturated rings. The van der Waals surface area contributed by atoms with E-state index in [0.29, 0.717) is 11.4 Å². The molecule has 3 rings (SSSR count). The van der Waals surface area contributed by atoms with E-state index in [1.165, 1.54) is 36.0 Å². The van der Waals surface area contributed by atoms with Gasteiger partial charge in [0.1, 0.15) is 5.69 Å². The van der Waals surface area contributed by atoms with Gasteiger partial charge in [-0.15, -0.1) is 0 Å². The van der Waals surface area contributed by atoms with E-state index in [2.05, 4.69) is 10.4 Å². The fraction of sp³-hybridized carbons (Fsp3) is 0.250. The maximum absolute atomic E-state index is 13.0. The summed E-state index contributed by atoms with van der Waals surface area (Å²) in [4.78, 5) is 50.1. The highest BCUT2D eigenvalue weighted by Gasteiger charge is 2.23. The van der Waals surface area contributed by atoms with Crippen LogP contribution in [-0.4, -0.2) is 45.0 Å². The van der Waals surface area contributed by atoms with Crippen LogP contribution in [0.4, 0.5) is 11.4 Å². The SMILES string of the molecule is Cc1cc(C)c(NC(=O)CN(C)C(=O)c2nn(-c3ccccc3[N+](=O)[O-])c(C)cc2=O)c(C)c1. The maximum atomic E-state index is 13.0. The summed E-state index contributed by atoms with van der Waals surface area (Å²) in [7, 11) is 1.38. The number of hydrogen-bond acceptors (Lipinski definition) is 6. The summed E-state index contributed by atoms with van der Waals surface area (Å²) >= 11 is 0. The average Bonchev–Trinajstić information content (AvgIpc) is 2.76. The number of nitrogens with one attached hydrogen (secondary N) is 1. The number of benzene rings is 2. The van der Waals surface area contributed by atoms with Gasteiger partial charge in [-0.3, -0.25) is 24.5 Å². The molecular weight excluding hydrogens is 438 g/mol. The lowest BCUT2D eigenvalue weighted by atomic mass is 10.1. The third-order valence-corrected chi connectivity index (χ3v) is 5.29. The van der Waals surface area contributed by atoms with Gasteiger partial charge in [0.15, 0.2) is 5.69 Å². The van der Waals surface area contributed by atoms with Crippen molar-refractivity contribution in [2.45, 2.75) is 27.7 Å². The second-order valence-corrected chi connectivity index (χ2v) is 8.14. The molecule has 0 saturated carbocycles. The van der Waals surface area contributed by atoms with Crippen molar-refractivity contribution in [3.05, 3.63) is 90.9 Å². The summed E-state index contributed by atoms with van der Waals surface area (Å²) in [5.74, 6) is -1.21. The van der Waals surface area contributed by atoms with Crippen LogP contribution in [0.2, 0.25) is 0 Å². The van der Waals surface area contributed by atoms with Gasteiger partial charge in [-0.1, -0.05) is 29.8 Å². The van der Waals surface area contributed by atoms with Gasteiger partial charge in [0.2, 0.25) is 11.3 Å². The van der Waals surface area contributed by atoms with E-state index >= 15 is 0 Å². The highest BCUT2D eigenvalue weighted by molar-refractivity contribution is 5.98. The van der Waals surface area contributed by atoms with Crippen molar-refractivity contribution in [2.24, 2.45) is 0 Å². The number of para-hydroxylation sites is 2. The van der Waals surface area contributed by atoms with E-state index in [-0.39, 0.29) is 17.9 Å². The van der Waals surface area contributed by atoms with Crippen LogP contribution in [-0.2, 0) is 4.79 Å². The molecule has 0 unspecified atom stereocenters. The molecule has 0 aliphatic carbocycles. The van der Waals surface area contributed by atoms with E-state index < -0.39 is 27.9 Å². The number of anilines is 1. The number of nitro benzene ring substituents is 1. The van der Waals surface area contributed by atoms with Crippen LogP contribution in [0.25, 0.3) is 5.69 Å². The molecule has 10 heteroatoms. The molecule has 2 aromatic carbocycles. The molecule has 2 amide bonds. The third kappa shape index (κ3) is 5.01. The number of carbonyl (C=O) groups excluding carboxylic acids is 2. The fourth-order valence-corrected chi connectivity index (χ4v) is 3.76. The highest BCUT2D eigenvalue weighted by atomic mass is 16.6. The number of aryl methyl sites for hydroxylation is 4. The van der Waals surface area contributed by atoms with Crippen LogP contribution in [0.1, 0.15) is 32.9 Å². The van der Waals surface area contributed by atoms with Gasteiger partial charge in [-0.25, -0.2) is 4.68 Å². The third-order valence-electron chi connectivity index (χ3n) is 5.29. The zero-order chi connectivity index (χ0) is 25.2. The number of aromatic nitrogens is 2. The quantitative estimate of drug-likeness (QED) is 0.442. The number of carbonyl (C=O) groups is 2. The lowest BCUT2D eigenvalue weighted by Crippen LogP contribution is -2.38. The van der Waals surface area contributed by atoms with Crippen molar-refractivity contribution in [3.63, 3.8) is 0 Å². The second kappa shape index (κ2) is 9.65. The van der Waals surface area contributed by atoms with Gasteiger partial charge in [0.05, 0.1) is 11.5 Å². The summed E-state index contributed by atoms with van der Waals surface area (Å²) in [5.41, 5.74) is 2.66. The van der Waals surface area contributed by atoms with Gasteiger partial charge in [0, 0.05) is 30.6 Å². The van der Waals surface area contributed by atoms with E-state index in [9.17, 15) is 24.5 Å². The minimum absolute atomic E-state index is 0.116. The molecule has 1 N–H and O–H groups in total. The molecule has 10 nitrogen and oxygen atoms in total. The molecule has 0 spiro atoms. The molecule has 0 bridgehead atoms. The number of amides is 2. The minimum atomic E-state index is -0.773. The summed E-state index contributed by atoms with van der Waals surface area (Å²) in [6, 6.07) is 11.0. The molecule has 3 aromatic rings. The molecule has 1 heterocycles. The molecular formula is C24H25N5O5. The lowest BCUT2D eigenvalue weighted by molar-refractivity contribution is -0.384. The molecule has 34 heavy (non-hydrogen) atoms. The van der Waals surface area contributed by atoms with Gasteiger partial charge < -0.3 is 10.2 Å². The number of nitrogens with zero attached hydrogens (tertiary/aromatic N) is 4. The van der Waals surface area contributed by atoms with Crippen molar-refractivity contribution in [2.75, 3.05) is 18.9 Å². The molecule has 0 aliphatic rings. The Balaban J connectivity index is 1.87. The first-order valence-corrected chi connectivity index (χ1v) is 10.5. The number of nitro groups is 1. The monoisotopic (exact) mass is 463 g/mol. The molecule has 176 valence electrons. The molecule has 0 atom stereocenters. The van der Waals surface area contributed by atoms with Gasteiger partial charge in [-0.05, 0) is 44.9 Å². The number of likely N-dealkylation sites (N-methyl/N-ethyl adjacent to an activating group) is 1. The first-order chi connectivity index (χ1) is 16.0. The van der Waals surface area contributed by atoms with Gasteiger partial charge >= 0.3 is 0 Å². The molecule has 0 aliphatic heterocycles. The molecule has 0 radical (unpaired) electrons. The predicted molar refractivity (Wildman–Crippen MR) is 127 cm³/mol. The normalized spacial score (nSPS) is 10.6. The minimum Gasteiger partial charge on any atom is -0.331 e. The Morgan fingerprint density at radius 3 is 2.32 bits per heavy atom. The maximum Gasteiger partial charge on any atom is 0.294 e. The Hall–Kier alpha value is -4.34. The van der Waals surface area contributed by atoms with E-state index in [1.54, 1.807) is 13.0 Å². The van der Waals surface area contributed by atoms with Crippen molar-refractivity contribution in [3.8, 4) is 5.69 Å². The van der Waals surface area contributed by atoms with Crippen molar-refractivity contribution in [1.29, 1.82) is 0 Å². The first kappa shape index (κ1) is 24.3. The van der Waals surface area contributed by atoms with E-state index in [1.807, 2.05) is 32.9 Å². The summed E-state index contributed by atoms with van der Waals surface area (Å²) < 4.78 is 1.18. The number of hydrogen-bond donors (Lipinski definition) is 1. The zero-order valence-corrected chi connectivity index (χ0v) is 19.6. The van der Waals surface area contributed by atoms with Crippen molar-refractivity contribution >= 4 is 23.2 Å². The summed E-state index contributed by atoms with van der Waals surface area (Å²) in [6.45, 7) is 6.97. The van der Waals surface area contributed by atoms with Gasteiger partial charge in [0.25, 0.3) is 11.6 Å². The summed E-state index contributed by atoms with van der Waals surface area (Å²) in [6.07, 6.45) is 0. The largest absolute Gasteiger partial charge is 0.331 e. The highest BCUT2D eigenvalue weighted by Crippen LogP contribution is 2.23. The van der Waals surface area contributed by atoms with Crippen LogP contribution in [0, 0.1) is 37.8 Å². The topological polar surface area (TPSA) is 127 Å². The Morgan fingerprint density at radius 2 is 1.71 bits per heavy atom. The lowest BCUT2D eigenvalue weighted by Gasteiger charge is -2.19. The Morgan fingerprint density at radius 1 is 1.09 bits per heavy atom. The van der Waals surface area contributed by atoms with Crippen LogP contribution in [0.3, 0.4) is 0 Å². The standard InChI is InChI=1S/C24H25N5O5/c1-14-10-15(2)22(16(3)11-14)25-21(31)13-27(5)24(32)23-20(30)12-17(4)28(26-23)18-8-6-7-9-19(18)29(33)34/h6-12H,13H2,1-5H3,(H,25,31). The Labute approximate surface area is 196 Å². The zero-order valence-electron chi connectivity index (χ0n) is 19.6. The average molecular weight is 463 g/mol. The smallest absolute Gasteiger partial charge is 0.294 e. The van der Waals surface area contributed by atoms with Crippen LogP contribution >= 0.6 is 0 Å². The molecule has 1 aromatic heterocycles. The van der Waals surface area contributed by atoms with Crippen LogP contribution in [0.15, 0.2) is 47.3 Å². The van der Waals surface area contributed by atoms with E-state index in [0.717, 1.165) is 21.6 Å². The Bertz CT molecular complexity index is 1340. The first-order valence-electron chi connectivity index (χ1n) is 10.5. The predicted octanol–water partition coefficient (Wildman–Crippen LogP) is 3.09. The van der Waals surface area contributed by atoms with Crippen LogP contribution < -0.4 is 10.7 Å². The van der Waals surface area contributed by atoms with Crippen molar-refractivity contribution < 1.29 is 14.5 Å². The summed E-state index contributed by atoms with van der Waals surface area (Å²) in [5, 5.41) is 18.3. The van der Waals surface area contributed by atoms with Gasteiger partial charge in [-0.2, -0.15) is 5.10 Å². The van der Waals surface area contributed by atoms with Crippen molar-refractivity contribution in [1.82, 2.24) is 14.7 Å². The van der Waals surface area contributed by atoms with Crippen LogP contribution in [0.5, 0.6) is 0 Å². The second-order valence-electron chi connectivity index (χ2n) is 8.14. The fourth-order valence-electron chi connectivity index (χ4n) is 3.76.